The van der Waals surface area contributed by atoms with Crippen LogP contribution in [0.2, 0.25) is 5.02 Å². The number of phosphoric ester groups is 1. The normalized spacial score (nSPS) is 20.3. The Hall–Kier alpha value is 1.30. The zero-order chi connectivity index (χ0) is 30.3. The van der Waals surface area contributed by atoms with Crippen LogP contribution in [0.25, 0.3) is 11.2 Å². The number of nitrogen functional groups attached to an aromatic ring is 2. The van der Waals surface area contributed by atoms with Gasteiger partial charge in [-0.15, -0.1) is 0 Å². The van der Waals surface area contributed by atoms with Crippen molar-refractivity contribution in [2.24, 2.45) is 0 Å². The number of imidazole rings is 1. The molecule has 2 aromatic heterocycles. The molecular weight excluding hydrogens is 733 g/mol. The topological polar surface area (TPSA) is 322 Å². The number of halogens is 1. The minimum absolute atomic E-state index is 0. The van der Waals surface area contributed by atoms with E-state index in [1.807, 2.05) is 0 Å². The molecule has 1 aliphatic rings. The molecule has 3 heterocycles. The third-order valence-corrected chi connectivity index (χ3v) is 9.13. The molecule has 28 heteroatoms. The number of esters is 1. The SMILES string of the molecule is Nc1nc2c(ncn2[C@H]2C[C@H](OC(=O)c3cc(Cl)ccc3N)[C@@H](COP(=O)([O-])OP(=O)([O-])OP(=O)([O-])[O-])O2)c(=O)[nH]1.[Na+].[Na+].[Na+].[Na+]. The number of nitrogens with one attached hydrogen (secondary N) is 1. The summed E-state index contributed by atoms with van der Waals surface area (Å²) in [5.74, 6) is -1.28. The van der Waals surface area contributed by atoms with Gasteiger partial charge in [0.1, 0.15) is 18.4 Å². The number of phosphoric acid groups is 3. The zero-order valence-electron chi connectivity index (χ0n) is 23.9. The van der Waals surface area contributed by atoms with Crippen LogP contribution >= 0.6 is 35.1 Å². The number of aromatic nitrogens is 4. The van der Waals surface area contributed by atoms with Gasteiger partial charge in [-0.1, -0.05) is 11.6 Å². The van der Waals surface area contributed by atoms with E-state index in [4.69, 9.17) is 32.5 Å². The van der Waals surface area contributed by atoms with Crippen LogP contribution in [-0.4, -0.2) is 44.3 Å². The molecule has 20 nitrogen and oxygen atoms in total. The molecule has 1 aromatic carbocycles. The predicted octanol–water partition coefficient (Wildman–Crippen LogP) is -13.7. The van der Waals surface area contributed by atoms with Crippen molar-refractivity contribution >= 4 is 63.8 Å². The standard InChI is InChI=1S/C17H20ClN6O14P3.4Na/c18-7-1-2-9(19)8(3-7)16(26)36-10-4-12(24-6-21-13-14(24)22-17(20)23-15(13)25)35-11(10)5-34-40(30,31)38-41(32,33)37-39(27,28)29;;;;/h1-3,6,10-12H,4-5,19H2,(H,30,31)(H,32,33)(H2,27,28,29)(H3,20,22,23,25);;;;/q;4*+1/p-4/t10-,11+,12+;;;;/m0..../s1. The fourth-order valence-electron chi connectivity index (χ4n) is 3.65. The summed E-state index contributed by atoms with van der Waals surface area (Å²) in [6.07, 6.45) is -3.04. The molecule has 0 spiro atoms. The van der Waals surface area contributed by atoms with Crippen molar-refractivity contribution in [3.05, 3.63) is 45.5 Å². The van der Waals surface area contributed by atoms with Crippen molar-refractivity contribution in [1.29, 1.82) is 0 Å². The molecule has 0 saturated carbocycles. The summed E-state index contributed by atoms with van der Waals surface area (Å²) in [5, 5.41) is 0.139. The molecule has 1 aliphatic heterocycles. The molecule has 3 aromatic rings. The molecule has 224 valence electrons. The Morgan fingerprint density at radius 1 is 1.09 bits per heavy atom. The molecule has 0 bridgehead atoms. The van der Waals surface area contributed by atoms with Gasteiger partial charge in [0.15, 0.2) is 11.2 Å². The average Bonchev–Trinajstić information content (AvgIpc) is 3.41. The molecule has 5 atom stereocenters. The second-order valence-electron chi connectivity index (χ2n) is 8.12. The van der Waals surface area contributed by atoms with Gasteiger partial charge in [0.05, 0.1) is 26.3 Å². The maximum Gasteiger partial charge on any atom is 1.00 e. The van der Waals surface area contributed by atoms with E-state index in [0.29, 0.717) is 0 Å². The number of rotatable bonds is 10. The third kappa shape index (κ3) is 12.8. The van der Waals surface area contributed by atoms with Crippen LogP contribution in [0, 0.1) is 0 Å². The molecule has 0 radical (unpaired) electrons. The Morgan fingerprint density at radius 3 is 2.36 bits per heavy atom. The van der Waals surface area contributed by atoms with E-state index >= 15 is 0 Å². The number of ether oxygens (including phenoxy) is 2. The van der Waals surface area contributed by atoms with Crippen molar-refractivity contribution in [3.63, 3.8) is 0 Å². The van der Waals surface area contributed by atoms with Crippen LogP contribution in [0.5, 0.6) is 0 Å². The number of fused-ring (bicyclic) bond motifs is 1. The van der Waals surface area contributed by atoms with E-state index in [2.05, 4.69) is 28.1 Å². The van der Waals surface area contributed by atoms with Crippen LogP contribution in [0.4, 0.5) is 11.6 Å². The van der Waals surface area contributed by atoms with Crippen LogP contribution in [0.1, 0.15) is 23.0 Å². The number of aromatic amines is 1. The molecule has 2 unspecified atom stereocenters. The predicted molar refractivity (Wildman–Crippen MR) is 127 cm³/mol. The number of carbonyl (C=O) groups is 1. The molecule has 45 heavy (non-hydrogen) atoms. The van der Waals surface area contributed by atoms with E-state index in [0.717, 1.165) is 6.33 Å². The summed E-state index contributed by atoms with van der Waals surface area (Å²) >= 11 is 5.91. The average molecular weight is 749 g/mol. The maximum absolute atomic E-state index is 12.9. The summed E-state index contributed by atoms with van der Waals surface area (Å²) < 4.78 is 57.6. The van der Waals surface area contributed by atoms with Gasteiger partial charge >= 0.3 is 124 Å². The van der Waals surface area contributed by atoms with Crippen molar-refractivity contribution in [1.82, 2.24) is 19.5 Å². The molecule has 1 saturated heterocycles. The Kier molecular flexibility index (Phi) is 19.0. The first-order valence-corrected chi connectivity index (χ1v) is 15.5. The Labute approximate surface area is 346 Å². The van der Waals surface area contributed by atoms with E-state index in [9.17, 15) is 42.9 Å². The van der Waals surface area contributed by atoms with Crippen LogP contribution in [0.15, 0.2) is 29.3 Å². The van der Waals surface area contributed by atoms with E-state index in [1.54, 1.807) is 0 Å². The summed E-state index contributed by atoms with van der Waals surface area (Å²) in [6.45, 7) is -1.07. The molecular formula is C17H16ClN6Na4O14P3. The van der Waals surface area contributed by atoms with Crippen LogP contribution in [-0.2, 0) is 36.3 Å². The number of hydrogen-bond donors (Lipinski definition) is 3. The van der Waals surface area contributed by atoms with Crippen molar-refractivity contribution in [2.45, 2.75) is 24.9 Å². The molecule has 4 rings (SSSR count). The number of H-pyrrole nitrogens is 1. The number of benzene rings is 1. The number of carbonyl (C=O) groups excluding carboxylic acids is 1. The van der Waals surface area contributed by atoms with E-state index in [1.165, 1.54) is 22.8 Å². The summed E-state index contributed by atoms with van der Waals surface area (Å²) in [6, 6.07) is 3.94. The Morgan fingerprint density at radius 2 is 1.73 bits per heavy atom. The second-order valence-corrected chi connectivity index (χ2v) is 12.8. The van der Waals surface area contributed by atoms with Crippen LogP contribution < -0.4 is 155 Å². The largest absolute Gasteiger partial charge is 1.00 e. The third-order valence-electron chi connectivity index (χ3n) is 5.23. The van der Waals surface area contributed by atoms with Crippen molar-refractivity contribution in [3.8, 4) is 0 Å². The van der Waals surface area contributed by atoms with Gasteiger partial charge in [-0.25, -0.2) is 14.1 Å². The van der Waals surface area contributed by atoms with Gasteiger partial charge in [0, 0.05) is 17.1 Å². The smallest absolute Gasteiger partial charge is 0.790 e. The molecule has 0 amide bonds. The number of nitrogens with zero attached hydrogens (tertiary/aromatic N) is 3. The fraction of sp³-hybridized carbons (Fsp3) is 0.294. The molecule has 5 N–H and O–H groups in total. The quantitative estimate of drug-likeness (QED) is 0.0750. The molecule has 0 aliphatic carbocycles. The minimum Gasteiger partial charge on any atom is -0.790 e. The van der Waals surface area contributed by atoms with Gasteiger partial charge in [-0.2, -0.15) is 4.98 Å². The Bertz CT molecular complexity index is 1710. The van der Waals surface area contributed by atoms with Gasteiger partial charge in [0.25, 0.3) is 21.2 Å². The minimum atomic E-state index is -6.23. The second kappa shape index (κ2) is 18.5. The zero-order valence-corrected chi connectivity index (χ0v) is 35.3. The first-order chi connectivity index (χ1) is 18.9. The van der Waals surface area contributed by atoms with Gasteiger partial charge < -0.3 is 49.6 Å². The van der Waals surface area contributed by atoms with Crippen molar-refractivity contribution < 1.29 is 179 Å². The monoisotopic (exact) mass is 748 g/mol. The summed E-state index contributed by atoms with van der Waals surface area (Å²) in [4.78, 5) is 79.7. The van der Waals surface area contributed by atoms with Gasteiger partial charge in [0.2, 0.25) is 5.95 Å². The van der Waals surface area contributed by atoms with Crippen LogP contribution in [0.3, 0.4) is 0 Å². The first-order valence-electron chi connectivity index (χ1n) is 10.8. The fourth-order valence-corrected chi connectivity index (χ4v) is 6.69. The van der Waals surface area contributed by atoms with E-state index < -0.39 is 60.0 Å². The van der Waals surface area contributed by atoms with Crippen molar-refractivity contribution in [2.75, 3.05) is 18.1 Å². The number of hydrogen-bond acceptors (Lipinski definition) is 18. The Balaban J connectivity index is 0.00000484. The number of anilines is 2. The number of nitrogens with two attached hydrogens (primary N) is 2. The maximum atomic E-state index is 12.9. The van der Waals surface area contributed by atoms with Gasteiger partial charge in [-0.05, 0) is 18.2 Å². The summed E-state index contributed by atoms with van der Waals surface area (Å²) in [7, 11) is -18.4. The van der Waals surface area contributed by atoms with E-state index in [-0.39, 0.29) is 158 Å². The summed E-state index contributed by atoms with van der Waals surface area (Å²) in [5.41, 5.74) is 10.4. The first kappa shape index (κ1) is 46.3. The van der Waals surface area contributed by atoms with Gasteiger partial charge in [-0.3, -0.25) is 27.8 Å². The molecule has 1 fully saturated rings.